The molecule has 0 spiro atoms. The summed E-state index contributed by atoms with van der Waals surface area (Å²) in [6.45, 7) is 9.72. The average molecular weight is 217 g/mol. The predicted molar refractivity (Wildman–Crippen MR) is 70.4 cm³/mol. The van der Waals surface area contributed by atoms with Gasteiger partial charge < -0.3 is 5.73 Å². The number of nitrogen functional groups attached to an aromatic ring is 1. The predicted octanol–water partition coefficient (Wildman–Crippen LogP) is 2.81. The SMILES string of the molecule is C=C(C)N/N=C(\CC)c1cc(C)ccc1N. The van der Waals surface area contributed by atoms with Crippen molar-refractivity contribution in [2.24, 2.45) is 5.10 Å². The molecule has 1 rings (SSSR count). The van der Waals surface area contributed by atoms with Gasteiger partial charge in [-0.15, -0.1) is 0 Å². The molecule has 0 aliphatic rings. The Bertz CT molecular complexity index is 419. The topological polar surface area (TPSA) is 50.4 Å². The zero-order valence-electron chi connectivity index (χ0n) is 10.2. The number of anilines is 1. The lowest BCUT2D eigenvalue weighted by molar-refractivity contribution is 0.885. The van der Waals surface area contributed by atoms with Crippen molar-refractivity contribution in [1.82, 2.24) is 5.43 Å². The Morgan fingerprint density at radius 3 is 2.75 bits per heavy atom. The lowest BCUT2D eigenvalue weighted by Crippen LogP contribution is -2.10. The van der Waals surface area contributed by atoms with Gasteiger partial charge in [-0.3, -0.25) is 5.43 Å². The van der Waals surface area contributed by atoms with E-state index in [0.717, 1.165) is 29.1 Å². The molecular formula is C13H19N3. The first kappa shape index (κ1) is 12.3. The van der Waals surface area contributed by atoms with Crippen molar-refractivity contribution in [3.05, 3.63) is 41.6 Å². The maximum atomic E-state index is 5.94. The number of nitrogens with zero attached hydrogens (tertiary/aromatic N) is 1. The highest BCUT2D eigenvalue weighted by Gasteiger charge is 2.06. The van der Waals surface area contributed by atoms with Crippen LogP contribution >= 0.6 is 0 Å². The van der Waals surface area contributed by atoms with Gasteiger partial charge in [-0.2, -0.15) is 5.10 Å². The summed E-state index contributed by atoms with van der Waals surface area (Å²) in [7, 11) is 0. The number of nitrogens with two attached hydrogens (primary N) is 1. The van der Waals surface area contributed by atoms with E-state index in [9.17, 15) is 0 Å². The summed E-state index contributed by atoms with van der Waals surface area (Å²) < 4.78 is 0. The van der Waals surface area contributed by atoms with Gasteiger partial charge in [-0.05, 0) is 32.4 Å². The highest BCUT2D eigenvalue weighted by atomic mass is 15.3. The summed E-state index contributed by atoms with van der Waals surface area (Å²) in [5, 5.41) is 4.30. The van der Waals surface area contributed by atoms with E-state index in [0.29, 0.717) is 0 Å². The molecule has 3 nitrogen and oxygen atoms in total. The minimum Gasteiger partial charge on any atom is -0.398 e. The van der Waals surface area contributed by atoms with E-state index >= 15 is 0 Å². The third-order valence-electron chi connectivity index (χ3n) is 2.24. The Labute approximate surface area is 97.1 Å². The van der Waals surface area contributed by atoms with Crippen molar-refractivity contribution < 1.29 is 0 Å². The number of hydrogen-bond donors (Lipinski definition) is 2. The molecule has 0 aromatic heterocycles. The normalized spacial score (nSPS) is 11.3. The fraction of sp³-hybridized carbons (Fsp3) is 0.308. The van der Waals surface area contributed by atoms with E-state index in [1.54, 1.807) is 0 Å². The summed E-state index contributed by atoms with van der Waals surface area (Å²) in [5.41, 5.74) is 13.5. The number of rotatable bonds is 4. The lowest BCUT2D eigenvalue weighted by atomic mass is 10.0. The molecule has 0 unspecified atom stereocenters. The maximum absolute atomic E-state index is 5.94. The molecule has 1 aromatic rings. The van der Waals surface area contributed by atoms with Gasteiger partial charge in [0.15, 0.2) is 0 Å². The number of allylic oxidation sites excluding steroid dienone is 1. The largest absolute Gasteiger partial charge is 0.398 e. The first-order chi connectivity index (χ1) is 7.54. The van der Waals surface area contributed by atoms with Crippen molar-refractivity contribution in [2.45, 2.75) is 27.2 Å². The van der Waals surface area contributed by atoms with Crippen molar-refractivity contribution >= 4 is 11.4 Å². The van der Waals surface area contributed by atoms with Gasteiger partial charge in [0, 0.05) is 16.9 Å². The fourth-order valence-electron chi connectivity index (χ4n) is 1.41. The molecule has 0 amide bonds. The highest BCUT2D eigenvalue weighted by molar-refractivity contribution is 6.04. The van der Waals surface area contributed by atoms with Crippen LogP contribution in [0.1, 0.15) is 31.4 Å². The number of benzene rings is 1. The van der Waals surface area contributed by atoms with E-state index in [-0.39, 0.29) is 0 Å². The van der Waals surface area contributed by atoms with E-state index in [1.165, 1.54) is 5.56 Å². The Hall–Kier alpha value is -1.77. The van der Waals surface area contributed by atoms with Gasteiger partial charge >= 0.3 is 0 Å². The molecular weight excluding hydrogens is 198 g/mol. The summed E-state index contributed by atoms with van der Waals surface area (Å²) in [4.78, 5) is 0. The van der Waals surface area contributed by atoms with E-state index in [2.05, 4.69) is 30.1 Å². The summed E-state index contributed by atoms with van der Waals surface area (Å²) in [5.74, 6) is 0. The monoisotopic (exact) mass is 217 g/mol. The average Bonchev–Trinajstić information content (AvgIpc) is 2.23. The molecule has 16 heavy (non-hydrogen) atoms. The molecule has 0 saturated heterocycles. The molecule has 3 heteroatoms. The third kappa shape index (κ3) is 3.12. The van der Waals surface area contributed by atoms with E-state index in [1.807, 2.05) is 26.0 Å². The number of nitrogens with one attached hydrogen (secondary N) is 1. The molecule has 86 valence electrons. The third-order valence-corrected chi connectivity index (χ3v) is 2.24. The van der Waals surface area contributed by atoms with Crippen LogP contribution < -0.4 is 11.2 Å². The lowest BCUT2D eigenvalue weighted by Gasteiger charge is -2.09. The molecule has 0 bridgehead atoms. The summed E-state index contributed by atoms with van der Waals surface area (Å²) in [6.07, 6.45) is 0.827. The molecule has 0 aliphatic heterocycles. The minimum atomic E-state index is 0.759. The van der Waals surface area contributed by atoms with E-state index in [4.69, 9.17) is 5.73 Å². The van der Waals surface area contributed by atoms with Gasteiger partial charge in [0.2, 0.25) is 0 Å². The van der Waals surface area contributed by atoms with Crippen LogP contribution in [0.25, 0.3) is 0 Å². The maximum Gasteiger partial charge on any atom is 0.0697 e. The number of hydrazone groups is 1. The molecule has 0 radical (unpaired) electrons. The van der Waals surface area contributed by atoms with Gasteiger partial charge in [0.1, 0.15) is 0 Å². The van der Waals surface area contributed by atoms with Gasteiger partial charge in [0.05, 0.1) is 5.71 Å². The Balaban J connectivity index is 3.07. The Kier molecular flexibility index (Phi) is 4.11. The van der Waals surface area contributed by atoms with Crippen LogP contribution in [0.2, 0.25) is 0 Å². The zero-order chi connectivity index (χ0) is 12.1. The van der Waals surface area contributed by atoms with Crippen molar-refractivity contribution in [2.75, 3.05) is 5.73 Å². The van der Waals surface area contributed by atoms with Gasteiger partial charge in [-0.1, -0.05) is 25.1 Å². The van der Waals surface area contributed by atoms with Crippen LogP contribution in [0.4, 0.5) is 5.69 Å². The zero-order valence-corrected chi connectivity index (χ0v) is 10.2. The molecule has 1 aromatic carbocycles. The molecule has 0 fully saturated rings. The number of hydrogen-bond acceptors (Lipinski definition) is 3. The van der Waals surface area contributed by atoms with Crippen LogP contribution in [0.15, 0.2) is 35.6 Å². The summed E-state index contributed by atoms with van der Waals surface area (Å²) >= 11 is 0. The van der Waals surface area contributed by atoms with Crippen LogP contribution in [0.3, 0.4) is 0 Å². The smallest absolute Gasteiger partial charge is 0.0697 e. The second-order valence-electron chi connectivity index (χ2n) is 3.89. The molecule has 3 N–H and O–H groups in total. The highest BCUT2D eigenvalue weighted by Crippen LogP contribution is 2.16. The first-order valence-corrected chi connectivity index (χ1v) is 5.39. The summed E-state index contributed by atoms with van der Waals surface area (Å²) in [6, 6.07) is 5.96. The van der Waals surface area contributed by atoms with Crippen LogP contribution in [-0.2, 0) is 0 Å². The van der Waals surface area contributed by atoms with Crippen LogP contribution in [-0.4, -0.2) is 5.71 Å². The second kappa shape index (κ2) is 5.35. The van der Waals surface area contributed by atoms with Crippen molar-refractivity contribution in [3.8, 4) is 0 Å². The molecule has 0 aliphatic carbocycles. The van der Waals surface area contributed by atoms with E-state index < -0.39 is 0 Å². The van der Waals surface area contributed by atoms with Crippen LogP contribution in [0, 0.1) is 6.92 Å². The van der Waals surface area contributed by atoms with Crippen molar-refractivity contribution in [1.29, 1.82) is 0 Å². The van der Waals surface area contributed by atoms with Gasteiger partial charge in [0.25, 0.3) is 0 Å². The number of aryl methyl sites for hydroxylation is 1. The standard InChI is InChI=1S/C13H19N3/c1-5-13(16-15-9(2)3)11-8-10(4)6-7-12(11)14/h6-8,15H,2,5,14H2,1,3-4H3/b16-13+. The Morgan fingerprint density at radius 1 is 1.50 bits per heavy atom. The fourth-order valence-corrected chi connectivity index (χ4v) is 1.41. The second-order valence-corrected chi connectivity index (χ2v) is 3.89. The Morgan fingerprint density at radius 2 is 2.19 bits per heavy atom. The molecule has 0 heterocycles. The minimum absolute atomic E-state index is 0.759. The molecule has 0 saturated carbocycles. The molecule has 0 atom stereocenters. The van der Waals surface area contributed by atoms with Gasteiger partial charge in [-0.25, -0.2) is 0 Å². The van der Waals surface area contributed by atoms with Crippen LogP contribution in [0.5, 0.6) is 0 Å². The quantitative estimate of drug-likeness (QED) is 0.463. The van der Waals surface area contributed by atoms with Crippen molar-refractivity contribution in [3.63, 3.8) is 0 Å². The first-order valence-electron chi connectivity index (χ1n) is 5.39.